The normalized spacial score (nSPS) is 13.8. The maximum absolute atomic E-state index is 6.22. The molecule has 1 radical (unpaired) electrons. The lowest BCUT2D eigenvalue weighted by molar-refractivity contribution is 0.422. The SMILES string of the molecule is CCCCC=CC[Si](O[Si](C)(C)C)O[Si](C)(C)C. The Hall–Kier alpha value is 0.311. The van der Waals surface area contributed by atoms with Gasteiger partial charge in [0.2, 0.25) is 0 Å². The molecule has 0 aromatic heterocycles. The fraction of sp³-hybridized carbons (Fsp3) is 0.846. The van der Waals surface area contributed by atoms with Crippen LogP contribution in [0.15, 0.2) is 12.2 Å². The lowest BCUT2D eigenvalue weighted by Gasteiger charge is -2.28. The van der Waals surface area contributed by atoms with E-state index in [1.807, 2.05) is 0 Å². The molecule has 0 saturated carbocycles. The fourth-order valence-electron chi connectivity index (χ4n) is 1.41. The average Bonchev–Trinajstić information content (AvgIpc) is 2.12. The summed E-state index contributed by atoms with van der Waals surface area (Å²) in [4.78, 5) is 0. The largest absolute Gasteiger partial charge is 0.435 e. The van der Waals surface area contributed by atoms with Crippen LogP contribution in [0.25, 0.3) is 0 Å². The zero-order valence-corrected chi connectivity index (χ0v) is 16.3. The van der Waals surface area contributed by atoms with Crippen LogP contribution in [0.5, 0.6) is 0 Å². The van der Waals surface area contributed by atoms with E-state index in [4.69, 9.17) is 8.23 Å². The summed E-state index contributed by atoms with van der Waals surface area (Å²) < 4.78 is 12.4. The molecule has 18 heavy (non-hydrogen) atoms. The van der Waals surface area contributed by atoms with Gasteiger partial charge in [0.1, 0.15) is 0 Å². The van der Waals surface area contributed by atoms with Crippen LogP contribution in [0, 0.1) is 0 Å². The molecule has 0 heterocycles. The van der Waals surface area contributed by atoms with Gasteiger partial charge < -0.3 is 8.23 Å². The number of hydrogen-bond donors (Lipinski definition) is 0. The molecule has 0 N–H and O–H groups in total. The highest BCUT2D eigenvalue weighted by Gasteiger charge is 2.28. The van der Waals surface area contributed by atoms with Crippen LogP contribution in [-0.4, -0.2) is 25.9 Å². The summed E-state index contributed by atoms with van der Waals surface area (Å²) in [6.45, 7) is 15.7. The Morgan fingerprint density at radius 3 is 1.78 bits per heavy atom. The smallest absolute Gasteiger partial charge is 0.366 e. The van der Waals surface area contributed by atoms with Crippen molar-refractivity contribution in [3.05, 3.63) is 12.2 Å². The van der Waals surface area contributed by atoms with Crippen molar-refractivity contribution in [1.29, 1.82) is 0 Å². The Bertz CT molecular complexity index is 226. The number of allylic oxidation sites excluding steroid dienone is 2. The van der Waals surface area contributed by atoms with Gasteiger partial charge in [0, 0.05) is 6.04 Å². The Morgan fingerprint density at radius 1 is 0.889 bits per heavy atom. The zero-order chi connectivity index (χ0) is 14.2. The molecule has 0 atom stereocenters. The van der Waals surface area contributed by atoms with Crippen molar-refractivity contribution in [3.63, 3.8) is 0 Å². The molecule has 0 rings (SSSR count). The molecular formula is C13H31O2Si3. The monoisotopic (exact) mass is 303 g/mol. The molecule has 5 heteroatoms. The van der Waals surface area contributed by atoms with Crippen molar-refractivity contribution in [2.75, 3.05) is 0 Å². The van der Waals surface area contributed by atoms with E-state index in [9.17, 15) is 0 Å². The maximum Gasteiger partial charge on any atom is 0.366 e. The Balaban J connectivity index is 4.26. The molecule has 0 bridgehead atoms. The van der Waals surface area contributed by atoms with Gasteiger partial charge in [0.05, 0.1) is 0 Å². The zero-order valence-electron chi connectivity index (χ0n) is 13.3. The fourth-order valence-corrected chi connectivity index (χ4v) is 8.44. The molecule has 0 aliphatic carbocycles. The van der Waals surface area contributed by atoms with Gasteiger partial charge in [-0.25, -0.2) is 0 Å². The van der Waals surface area contributed by atoms with Gasteiger partial charge in [-0.2, -0.15) is 0 Å². The third-order valence-corrected chi connectivity index (χ3v) is 9.30. The minimum absolute atomic E-state index is 0.989. The molecule has 0 aromatic carbocycles. The lowest BCUT2D eigenvalue weighted by atomic mass is 10.2. The van der Waals surface area contributed by atoms with Crippen LogP contribution >= 0.6 is 0 Å². The van der Waals surface area contributed by atoms with Crippen molar-refractivity contribution < 1.29 is 8.23 Å². The van der Waals surface area contributed by atoms with E-state index >= 15 is 0 Å². The minimum Gasteiger partial charge on any atom is -0.435 e. The highest BCUT2D eigenvalue weighted by Crippen LogP contribution is 2.15. The van der Waals surface area contributed by atoms with E-state index in [-0.39, 0.29) is 0 Å². The third kappa shape index (κ3) is 12.8. The summed E-state index contributed by atoms with van der Waals surface area (Å²) in [6, 6.07) is 0.989. The predicted octanol–water partition coefficient (Wildman–Crippen LogP) is 4.92. The molecule has 0 unspecified atom stereocenters. The molecule has 0 fully saturated rings. The third-order valence-electron chi connectivity index (χ3n) is 2.02. The van der Waals surface area contributed by atoms with E-state index in [2.05, 4.69) is 58.4 Å². The minimum atomic E-state index is -1.49. The Kier molecular flexibility index (Phi) is 8.62. The molecule has 0 aliphatic rings. The molecule has 0 saturated heterocycles. The standard InChI is InChI=1S/C13H31O2Si3/c1-8-9-10-11-12-13-16(14-17(2,3)4)15-18(5,6)7/h11-12H,8-10,13H2,1-7H3. The second kappa shape index (κ2) is 8.48. The predicted molar refractivity (Wildman–Crippen MR) is 88.1 cm³/mol. The lowest BCUT2D eigenvalue weighted by Crippen LogP contribution is -2.42. The van der Waals surface area contributed by atoms with Gasteiger partial charge in [-0.05, 0) is 45.7 Å². The molecule has 0 aliphatic heterocycles. The quantitative estimate of drug-likeness (QED) is 0.342. The summed E-state index contributed by atoms with van der Waals surface area (Å²) in [6.07, 6.45) is 8.28. The Morgan fingerprint density at radius 2 is 1.39 bits per heavy atom. The highest BCUT2D eigenvalue weighted by atomic mass is 28.4. The number of rotatable bonds is 9. The van der Waals surface area contributed by atoms with E-state index in [0.717, 1.165) is 6.04 Å². The van der Waals surface area contributed by atoms with E-state index in [1.165, 1.54) is 19.3 Å². The topological polar surface area (TPSA) is 18.5 Å². The van der Waals surface area contributed by atoms with Crippen LogP contribution in [0.1, 0.15) is 26.2 Å². The summed E-state index contributed by atoms with van der Waals surface area (Å²) >= 11 is 0. The van der Waals surface area contributed by atoms with Crippen LogP contribution in [0.4, 0.5) is 0 Å². The first-order valence-electron chi connectivity index (χ1n) is 7.03. The first kappa shape index (κ1) is 18.3. The van der Waals surface area contributed by atoms with Crippen LogP contribution in [0.3, 0.4) is 0 Å². The van der Waals surface area contributed by atoms with Crippen molar-refractivity contribution >= 4 is 25.9 Å². The summed E-state index contributed by atoms with van der Waals surface area (Å²) in [5, 5.41) is 0. The molecule has 2 nitrogen and oxygen atoms in total. The molecule has 0 aromatic rings. The summed E-state index contributed by atoms with van der Waals surface area (Å²) in [5.41, 5.74) is 0. The number of hydrogen-bond acceptors (Lipinski definition) is 2. The van der Waals surface area contributed by atoms with Crippen LogP contribution in [-0.2, 0) is 8.23 Å². The van der Waals surface area contributed by atoms with Crippen molar-refractivity contribution in [1.82, 2.24) is 0 Å². The average molecular weight is 304 g/mol. The Labute approximate surface area is 118 Å². The van der Waals surface area contributed by atoms with Crippen molar-refractivity contribution in [2.45, 2.75) is 71.5 Å². The van der Waals surface area contributed by atoms with Gasteiger partial charge in [-0.1, -0.05) is 31.9 Å². The van der Waals surface area contributed by atoms with Crippen molar-refractivity contribution in [3.8, 4) is 0 Å². The van der Waals surface area contributed by atoms with E-state index < -0.39 is 25.9 Å². The molecule has 107 valence electrons. The van der Waals surface area contributed by atoms with Crippen LogP contribution < -0.4 is 0 Å². The van der Waals surface area contributed by atoms with Gasteiger partial charge in [-0.3, -0.25) is 0 Å². The maximum atomic E-state index is 6.22. The summed E-state index contributed by atoms with van der Waals surface area (Å²) in [5.74, 6) is 0. The molecular weight excluding hydrogens is 272 g/mol. The second-order valence-electron chi connectivity index (χ2n) is 6.62. The number of unbranched alkanes of at least 4 members (excludes halogenated alkanes) is 2. The first-order valence-corrected chi connectivity index (χ1v) is 15.4. The van der Waals surface area contributed by atoms with Crippen LogP contribution in [0.2, 0.25) is 45.3 Å². The van der Waals surface area contributed by atoms with Crippen molar-refractivity contribution in [2.24, 2.45) is 0 Å². The van der Waals surface area contributed by atoms with Gasteiger partial charge >= 0.3 is 9.28 Å². The van der Waals surface area contributed by atoms with Gasteiger partial charge in [0.25, 0.3) is 0 Å². The molecule has 0 amide bonds. The first-order chi connectivity index (χ1) is 8.14. The van der Waals surface area contributed by atoms with E-state index in [0.29, 0.717) is 0 Å². The van der Waals surface area contributed by atoms with Gasteiger partial charge in [0.15, 0.2) is 16.6 Å². The van der Waals surface area contributed by atoms with Gasteiger partial charge in [-0.15, -0.1) is 0 Å². The highest BCUT2D eigenvalue weighted by molar-refractivity contribution is 6.81. The second-order valence-corrected chi connectivity index (χ2v) is 17.9. The van der Waals surface area contributed by atoms with E-state index in [1.54, 1.807) is 0 Å². The summed E-state index contributed by atoms with van der Waals surface area (Å²) in [7, 11) is -4.08. The molecule has 0 spiro atoms.